The third-order valence-corrected chi connectivity index (χ3v) is 5.30. The molecule has 2 aromatic rings. The first-order chi connectivity index (χ1) is 12.4. The Morgan fingerprint density at radius 1 is 1.00 bits per heavy atom. The van der Waals surface area contributed by atoms with Gasteiger partial charge in [0.25, 0.3) is 0 Å². The number of rotatable bonds is 4. The Bertz CT molecular complexity index is 816. The molecule has 1 fully saturated rings. The molecule has 3 rings (SSSR count). The largest absolute Gasteiger partial charge is 0.498 e. The first-order valence-electron chi connectivity index (χ1n) is 8.82. The van der Waals surface area contributed by atoms with E-state index in [0.717, 1.165) is 16.7 Å². The molecule has 27 heavy (non-hydrogen) atoms. The van der Waals surface area contributed by atoms with Crippen LogP contribution in [0.15, 0.2) is 36.5 Å². The maximum Gasteiger partial charge on any atom is 0.498 e. The van der Waals surface area contributed by atoms with Crippen LogP contribution in [0.3, 0.4) is 0 Å². The van der Waals surface area contributed by atoms with Gasteiger partial charge >= 0.3 is 7.12 Å². The van der Waals surface area contributed by atoms with Crippen LogP contribution < -0.4 is 10.2 Å². The van der Waals surface area contributed by atoms with Gasteiger partial charge in [-0.05, 0) is 45.4 Å². The van der Waals surface area contributed by atoms with Gasteiger partial charge < -0.3 is 14.0 Å². The summed E-state index contributed by atoms with van der Waals surface area (Å²) in [5.74, 6) is 0.669. The fourth-order valence-corrected chi connectivity index (χ4v) is 2.86. The lowest BCUT2D eigenvalue weighted by Crippen LogP contribution is -2.41. The zero-order valence-electron chi connectivity index (χ0n) is 16.4. The van der Waals surface area contributed by atoms with Crippen molar-refractivity contribution in [1.82, 2.24) is 4.98 Å². The molecule has 1 aromatic heterocycles. The van der Waals surface area contributed by atoms with Gasteiger partial charge in [0, 0.05) is 17.2 Å². The summed E-state index contributed by atoms with van der Waals surface area (Å²) < 4.78 is 17.9. The van der Waals surface area contributed by atoms with E-state index >= 15 is 0 Å². The zero-order valence-corrected chi connectivity index (χ0v) is 16.4. The van der Waals surface area contributed by atoms with Gasteiger partial charge in [-0.3, -0.25) is 4.98 Å². The summed E-state index contributed by atoms with van der Waals surface area (Å²) in [6.07, 6.45) is 1.57. The van der Waals surface area contributed by atoms with E-state index in [1.807, 2.05) is 52.0 Å². The standard InChI is InChI=1S/C19H21B4NO3/c1-17(2)18(3,4)27-23(26-17)14-8-6-12(10-16(14)25-5)15-9-7-13(11-24-15)19(20,21)22/h6-11H,1-5H3. The Labute approximate surface area is 165 Å². The minimum absolute atomic E-state index is 0.419. The molecule has 2 heterocycles. The van der Waals surface area contributed by atoms with E-state index in [4.69, 9.17) is 37.6 Å². The molecule has 0 N–H and O–H groups in total. The van der Waals surface area contributed by atoms with Crippen molar-refractivity contribution in [1.29, 1.82) is 0 Å². The third-order valence-electron chi connectivity index (χ3n) is 5.30. The summed E-state index contributed by atoms with van der Waals surface area (Å²) in [6, 6.07) is 9.37. The second kappa shape index (κ2) is 6.75. The molecule has 8 heteroatoms. The van der Waals surface area contributed by atoms with Gasteiger partial charge in [-0.1, -0.05) is 18.2 Å². The second-order valence-electron chi connectivity index (χ2n) is 7.91. The average molecular weight is 355 g/mol. The van der Waals surface area contributed by atoms with Crippen molar-refractivity contribution < 1.29 is 14.0 Å². The highest BCUT2D eigenvalue weighted by Crippen LogP contribution is 2.37. The highest BCUT2D eigenvalue weighted by Gasteiger charge is 2.52. The molecule has 1 saturated heterocycles. The van der Waals surface area contributed by atoms with Gasteiger partial charge in [0.15, 0.2) is 0 Å². The quantitative estimate of drug-likeness (QED) is 0.783. The van der Waals surface area contributed by atoms with Crippen LogP contribution in [0.1, 0.15) is 33.3 Å². The summed E-state index contributed by atoms with van der Waals surface area (Å²) >= 11 is 0. The number of hydrogen-bond acceptors (Lipinski definition) is 4. The van der Waals surface area contributed by atoms with Gasteiger partial charge in [-0.2, -0.15) is 0 Å². The van der Waals surface area contributed by atoms with Crippen molar-refractivity contribution in [3.05, 3.63) is 42.1 Å². The number of nitrogens with zero attached hydrogens (tertiary/aromatic N) is 1. The smallest absolute Gasteiger partial charge is 0.497 e. The van der Waals surface area contributed by atoms with Crippen LogP contribution in [0.5, 0.6) is 5.75 Å². The van der Waals surface area contributed by atoms with E-state index in [0.29, 0.717) is 11.3 Å². The highest BCUT2D eigenvalue weighted by molar-refractivity contribution is 6.63. The summed E-state index contributed by atoms with van der Waals surface area (Å²) in [5, 5.41) is -1.41. The number of aromatic nitrogens is 1. The number of pyridine rings is 1. The van der Waals surface area contributed by atoms with Crippen molar-refractivity contribution in [2.24, 2.45) is 0 Å². The number of ether oxygens (including phenoxy) is 1. The molecule has 132 valence electrons. The molecule has 6 radical (unpaired) electrons. The lowest BCUT2D eigenvalue weighted by Gasteiger charge is -2.32. The van der Waals surface area contributed by atoms with Crippen molar-refractivity contribution in [3.63, 3.8) is 0 Å². The number of benzene rings is 1. The average Bonchev–Trinajstić information content (AvgIpc) is 2.81. The Kier molecular flexibility index (Phi) is 5.02. The summed E-state index contributed by atoms with van der Waals surface area (Å²) in [5.41, 5.74) is 2.18. The van der Waals surface area contributed by atoms with Crippen molar-refractivity contribution in [3.8, 4) is 17.0 Å². The molecule has 1 aliphatic heterocycles. The summed E-state index contributed by atoms with van der Waals surface area (Å²) in [4.78, 5) is 4.41. The molecule has 0 unspecified atom stereocenters. The Morgan fingerprint density at radius 3 is 2.11 bits per heavy atom. The van der Waals surface area contributed by atoms with Crippen molar-refractivity contribution >= 4 is 36.1 Å². The normalized spacial score (nSPS) is 18.5. The lowest BCUT2D eigenvalue weighted by molar-refractivity contribution is 0.00578. The third kappa shape index (κ3) is 3.83. The zero-order chi connectivity index (χ0) is 20.0. The van der Waals surface area contributed by atoms with Crippen molar-refractivity contribution in [2.75, 3.05) is 7.11 Å². The summed E-state index contributed by atoms with van der Waals surface area (Å²) in [7, 11) is 18.2. The Balaban J connectivity index is 1.92. The van der Waals surface area contributed by atoms with Crippen LogP contribution >= 0.6 is 0 Å². The van der Waals surface area contributed by atoms with E-state index in [9.17, 15) is 0 Å². The number of hydrogen-bond donors (Lipinski definition) is 0. The molecule has 1 aromatic carbocycles. The fraction of sp³-hybridized carbons (Fsp3) is 0.421. The maximum atomic E-state index is 6.13. The van der Waals surface area contributed by atoms with E-state index in [1.54, 1.807) is 19.4 Å². The molecule has 0 saturated carbocycles. The monoisotopic (exact) mass is 355 g/mol. The molecule has 0 spiro atoms. The molecule has 0 amide bonds. The van der Waals surface area contributed by atoms with E-state index < -0.39 is 23.4 Å². The molecule has 0 bridgehead atoms. The van der Waals surface area contributed by atoms with Gasteiger partial charge in [0.1, 0.15) is 5.75 Å². The second-order valence-corrected chi connectivity index (χ2v) is 7.91. The lowest BCUT2D eigenvalue weighted by atomic mass is 9.40. The van der Waals surface area contributed by atoms with Crippen LogP contribution in [0, 0.1) is 0 Å². The van der Waals surface area contributed by atoms with E-state index in [1.165, 1.54) is 0 Å². The van der Waals surface area contributed by atoms with Gasteiger partial charge in [-0.25, -0.2) is 0 Å². The van der Waals surface area contributed by atoms with Crippen LogP contribution in [-0.4, -0.2) is 54.0 Å². The minimum Gasteiger partial charge on any atom is -0.497 e. The fourth-order valence-electron chi connectivity index (χ4n) is 2.86. The van der Waals surface area contributed by atoms with Crippen LogP contribution in [-0.2, 0) is 14.4 Å². The predicted molar refractivity (Wildman–Crippen MR) is 111 cm³/mol. The SMILES string of the molecule is [B]C([B])([B])c1ccc(-c2ccc(B3OC(C)(C)C(C)(C)O3)c(OC)c2)nc1. The molecule has 0 aliphatic carbocycles. The van der Waals surface area contributed by atoms with E-state index in [2.05, 4.69) is 4.98 Å². The highest BCUT2D eigenvalue weighted by atomic mass is 16.7. The minimum atomic E-state index is -1.41. The van der Waals surface area contributed by atoms with Gasteiger partial charge in [0.05, 0.1) is 47.5 Å². The predicted octanol–water partition coefficient (Wildman–Crippen LogP) is 1.67. The summed E-state index contributed by atoms with van der Waals surface area (Å²) in [6.45, 7) is 8.08. The topological polar surface area (TPSA) is 40.6 Å². The molecular formula is C19H21B4NO3. The van der Waals surface area contributed by atoms with Gasteiger partial charge in [0.2, 0.25) is 0 Å². The van der Waals surface area contributed by atoms with E-state index in [-0.39, 0.29) is 0 Å². The Hall–Kier alpha value is -1.65. The van der Waals surface area contributed by atoms with Gasteiger partial charge in [-0.15, -0.1) is 5.11 Å². The molecule has 0 atom stereocenters. The van der Waals surface area contributed by atoms with Crippen molar-refractivity contribution in [2.45, 2.75) is 44.0 Å². The molecular weight excluding hydrogens is 333 g/mol. The van der Waals surface area contributed by atoms with Crippen LogP contribution in [0.2, 0.25) is 0 Å². The maximum absolute atomic E-state index is 6.13. The first kappa shape index (κ1) is 20.1. The van der Waals surface area contributed by atoms with Crippen LogP contribution in [0.4, 0.5) is 0 Å². The van der Waals surface area contributed by atoms with Crippen LogP contribution in [0.25, 0.3) is 11.3 Å². The first-order valence-corrected chi connectivity index (χ1v) is 8.82. The number of methoxy groups -OCH3 is 1. The Morgan fingerprint density at radius 2 is 1.63 bits per heavy atom. The molecule has 1 aliphatic rings. The molecule has 4 nitrogen and oxygen atoms in total.